The van der Waals surface area contributed by atoms with Gasteiger partial charge in [0.15, 0.2) is 0 Å². The van der Waals surface area contributed by atoms with Crippen LogP contribution in [0.1, 0.15) is 24.5 Å². The summed E-state index contributed by atoms with van der Waals surface area (Å²) in [5.41, 5.74) is 7.98. The van der Waals surface area contributed by atoms with Gasteiger partial charge in [-0.05, 0) is 25.0 Å². The Morgan fingerprint density at radius 2 is 2.19 bits per heavy atom. The number of anilines is 1. The molecule has 16 heavy (non-hydrogen) atoms. The smallest absolute Gasteiger partial charge is 0.133 e. The lowest BCUT2D eigenvalue weighted by Crippen LogP contribution is -2.30. The standard InChI is InChI=1S/C12H21N3O/c1-3-6-15(7-8-16)12-11(9-13)10(2)4-5-14-12/h4-5,16H,3,6-9,13H2,1-2H3. The minimum Gasteiger partial charge on any atom is -0.395 e. The van der Waals surface area contributed by atoms with E-state index >= 15 is 0 Å². The Morgan fingerprint density at radius 1 is 1.44 bits per heavy atom. The van der Waals surface area contributed by atoms with Crippen LogP contribution in [0.25, 0.3) is 0 Å². The first kappa shape index (κ1) is 12.9. The molecule has 1 rings (SSSR count). The van der Waals surface area contributed by atoms with E-state index in [1.54, 1.807) is 6.20 Å². The van der Waals surface area contributed by atoms with E-state index < -0.39 is 0 Å². The van der Waals surface area contributed by atoms with Crippen LogP contribution in [0.15, 0.2) is 12.3 Å². The van der Waals surface area contributed by atoms with Crippen molar-refractivity contribution in [2.75, 3.05) is 24.6 Å². The highest BCUT2D eigenvalue weighted by Gasteiger charge is 2.12. The summed E-state index contributed by atoms with van der Waals surface area (Å²) in [7, 11) is 0. The molecule has 0 amide bonds. The molecule has 4 nitrogen and oxygen atoms in total. The number of rotatable bonds is 6. The molecule has 0 saturated heterocycles. The average Bonchev–Trinajstić information content (AvgIpc) is 2.28. The summed E-state index contributed by atoms with van der Waals surface area (Å²) in [5.74, 6) is 0.915. The van der Waals surface area contributed by atoms with Crippen LogP contribution in [0, 0.1) is 6.92 Å². The molecule has 0 fully saturated rings. The SMILES string of the molecule is CCCN(CCO)c1nccc(C)c1CN. The molecule has 0 radical (unpaired) electrons. The first-order valence-corrected chi connectivity index (χ1v) is 5.75. The maximum Gasteiger partial charge on any atom is 0.133 e. The van der Waals surface area contributed by atoms with E-state index in [2.05, 4.69) is 16.8 Å². The van der Waals surface area contributed by atoms with Gasteiger partial charge in [-0.1, -0.05) is 6.92 Å². The van der Waals surface area contributed by atoms with E-state index in [0.717, 1.165) is 29.9 Å². The topological polar surface area (TPSA) is 62.4 Å². The maximum absolute atomic E-state index is 9.06. The maximum atomic E-state index is 9.06. The number of aromatic nitrogens is 1. The number of nitrogens with zero attached hydrogens (tertiary/aromatic N) is 2. The molecule has 0 aromatic carbocycles. The third-order valence-corrected chi connectivity index (χ3v) is 2.63. The van der Waals surface area contributed by atoms with E-state index in [1.165, 1.54) is 0 Å². The lowest BCUT2D eigenvalue weighted by Gasteiger charge is -2.25. The normalized spacial score (nSPS) is 10.5. The Morgan fingerprint density at radius 3 is 2.75 bits per heavy atom. The quantitative estimate of drug-likeness (QED) is 0.757. The summed E-state index contributed by atoms with van der Waals surface area (Å²) in [6.07, 6.45) is 2.82. The van der Waals surface area contributed by atoms with Gasteiger partial charge in [-0.15, -0.1) is 0 Å². The van der Waals surface area contributed by atoms with Crippen LogP contribution in [-0.2, 0) is 6.54 Å². The number of pyridine rings is 1. The highest BCUT2D eigenvalue weighted by atomic mass is 16.3. The van der Waals surface area contributed by atoms with Gasteiger partial charge in [0.25, 0.3) is 0 Å². The fraction of sp³-hybridized carbons (Fsp3) is 0.583. The van der Waals surface area contributed by atoms with Gasteiger partial charge in [0.1, 0.15) is 5.82 Å². The van der Waals surface area contributed by atoms with Crippen molar-refractivity contribution in [3.63, 3.8) is 0 Å². The number of aliphatic hydroxyl groups is 1. The molecule has 3 N–H and O–H groups in total. The van der Waals surface area contributed by atoms with Crippen molar-refractivity contribution in [1.82, 2.24) is 4.98 Å². The van der Waals surface area contributed by atoms with Gasteiger partial charge in [-0.25, -0.2) is 4.98 Å². The van der Waals surface area contributed by atoms with Gasteiger partial charge in [0.05, 0.1) is 6.61 Å². The monoisotopic (exact) mass is 223 g/mol. The van der Waals surface area contributed by atoms with Crippen molar-refractivity contribution in [2.24, 2.45) is 5.73 Å². The molecule has 4 heteroatoms. The molecular weight excluding hydrogens is 202 g/mol. The van der Waals surface area contributed by atoms with Crippen molar-refractivity contribution in [3.8, 4) is 0 Å². The van der Waals surface area contributed by atoms with E-state index in [4.69, 9.17) is 10.8 Å². The number of aliphatic hydroxyl groups excluding tert-OH is 1. The molecule has 0 unspecified atom stereocenters. The van der Waals surface area contributed by atoms with Crippen molar-refractivity contribution in [3.05, 3.63) is 23.4 Å². The molecule has 0 atom stereocenters. The highest BCUT2D eigenvalue weighted by molar-refractivity contribution is 5.50. The molecule has 0 aliphatic carbocycles. The summed E-state index contributed by atoms with van der Waals surface area (Å²) in [5, 5.41) is 9.06. The van der Waals surface area contributed by atoms with Crippen LogP contribution in [0.4, 0.5) is 5.82 Å². The van der Waals surface area contributed by atoms with E-state index in [-0.39, 0.29) is 6.61 Å². The largest absolute Gasteiger partial charge is 0.395 e. The van der Waals surface area contributed by atoms with Crippen LogP contribution in [0.2, 0.25) is 0 Å². The highest BCUT2D eigenvalue weighted by Crippen LogP contribution is 2.20. The summed E-state index contributed by atoms with van der Waals surface area (Å²) in [4.78, 5) is 6.48. The number of hydrogen-bond donors (Lipinski definition) is 2. The second kappa shape index (κ2) is 6.45. The fourth-order valence-electron chi connectivity index (χ4n) is 1.81. The van der Waals surface area contributed by atoms with Crippen LogP contribution in [-0.4, -0.2) is 29.8 Å². The van der Waals surface area contributed by atoms with E-state index in [0.29, 0.717) is 13.1 Å². The van der Waals surface area contributed by atoms with Crippen LogP contribution in [0.5, 0.6) is 0 Å². The predicted octanol–water partition coefficient (Wildman–Crippen LogP) is 1.06. The molecular formula is C12H21N3O. The van der Waals surface area contributed by atoms with Crippen LogP contribution in [0.3, 0.4) is 0 Å². The summed E-state index contributed by atoms with van der Waals surface area (Å²) in [6, 6.07) is 1.97. The fourth-order valence-corrected chi connectivity index (χ4v) is 1.81. The Kier molecular flexibility index (Phi) is 5.22. The predicted molar refractivity (Wildman–Crippen MR) is 66.5 cm³/mol. The second-order valence-corrected chi connectivity index (χ2v) is 3.84. The summed E-state index contributed by atoms with van der Waals surface area (Å²) >= 11 is 0. The zero-order valence-corrected chi connectivity index (χ0v) is 10.1. The zero-order valence-electron chi connectivity index (χ0n) is 10.1. The first-order chi connectivity index (χ1) is 7.74. The lowest BCUT2D eigenvalue weighted by atomic mass is 10.1. The van der Waals surface area contributed by atoms with Crippen molar-refractivity contribution < 1.29 is 5.11 Å². The number of nitrogens with two attached hydrogens (primary N) is 1. The molecule has 90 valence electrons. The van der Waals surface area contributed by atoms with Gasteiger partial charge in [0, 0.05) is 31.4 Å². The van der Waals surface area contributed by atoms with Gasteiger partial charge >= 0.3 is 0 Å². The Labute approximate surface area is 97.1 Å². The Balaban J connectivity index is 3.02. The number of aryl methyl sites for hydroxylation is 1. The summed E-state index contributed by atoms with van der Waals surface area (Å²) < 4.78 is 0. The molecule has 0 saturated carbocycles. The molecule has 0 bridgehead atoms. The minimum absolute atomic E-state index is 0.139. The van der Waals surface area contributed by atoms with E-state index in [9.17, 15) is 0 Å². The Hall–Kier alpha value is -1.13. The second-order valence-electron chi connectivity index (χ2n) is 3.84. The third-order valence-electron chi connectivity index (χ3n) is 2.63. The van der Waals surface area contributed by atoms with Gasteiger partial charge in [-0.3, -0.25) is 0 Å². The van der Waals surface area contributed by atoms with Crippen molar-refractivity contribution in [2.45, 2.75) is 26.8 Å². The molecule has 0 spiro atoms. The zero-order chi connectivity index (χ0) is 12.0. The summed E-state index contributed by atoms with van der Waals surface area (Å²) in [6.45, 7) is 6.28. The van der Waals surface area contributed by atoms with Crippen LogP contribution < -0.4 is 10.6 Å². The molecule has 0 aliphatic heterocycles. The third kappa shape index (κ3) is 2.93. The number of hydrogen-bond acceptors (Lipinski definition) is 4. The lowest BCUT2D eigenvalue weighted by molar-refractivity contribution is 0.301. The molecule has 1 aromatic rings. The average molecular weight is 223 g/mol. The van der Waals surface area contributed by atoms with Gasteiger partial charge in [-0.2, -0.15) is 0 Å². The van der Waals surface area contributed by atoms with Gasteiger partial charge < -0.3 is 15.7 Å². The van der Waals surface area contributed by atoms with Crippen molar-refractivity contribution in [1.29, 1.82) is 0 Å². The molecule has 1 aromatic heterocycles. The van der Waals surface area contributed by atoms with E-state index in [1.807, 2.05) is 13.0 Å². The molecule has 0 aliphatic rings. The van der Waals surface area contributed by atoms with Gasteiger partial charge in [0.2, 0.25) is 0 Å². The van der Waals surface area contributed by atoms with Crippen molar-refractivity contribution >= 4 is 5.82 Å². The molecule has 1 heterocycles. The van der Waals surface area contributed by atoms with Crippen LogP contribution >= 0.6 is 0 Å². The minimum atomic E-state index is 0.139. The Bertz CT molecular complexity index is 322. The first-order valence-electron chi connectivity index (χ1n) is 5.75.